The van der Waals surface area contributed by atoms with Crippen molar-refractivity contribution in [1.29, 1.82) is 0 Å². The van der Waals surface area contributed by atoms with Gasteiger partial charge in [0.15, 0.2) is 0 Å². The maximum atomic E-state index is 13.6. The third-order valence-electron chi connectivity index (χ3n) is 5.93. The van der Waals surface area contributed by atoms with E-state index in [1.807, 2.05) is 4.90 Å². The monoisotopic (exact) mass is 430 g/mol. The molecule has 0 bridgehead atoms. The highest BCUT2D eigenvalue weighted by Gasteiger charge is 2.29. The molecule has 0 saturated carbocycles. The van der Waals surface area contributed by atoms with Gasteiger partial charge in [0.2, 0.25) is 5.91 Å². The van der Waals surface area contributed by atoms with Crippen LogP contribution in [0.5, 0.6) is 0 Å². The third-order valence-corrected chi connectivity index (χ3v) is 7.14. The first-order chi connectivity index (χ1) is 14.5. The lowest BCUT2D eigenvalue weighted by atomic mass is 9.95. The minimum Gasteiger partial charge on any atom is -0.462 e. The molecule has 2 heterocycles. The first-order valence-corrected chi connectivity index (χ1v) is 11.5. The summed E-state index contributed by atoms with van der Waals surface area (Å²) in [6.07, 6.45) is 5.59. The summed E-state index contributed by atoms with van der Waals surface area (Å²) in [5.41, 5.74) is 3.40. The Morgan fingerprint density at radius 1 is 1.27 bits per heavy atom. The zero-order chi connectivity index (χ0) is 21.3. The molecule has 0 saturated heterocycles. The van der Waals surface area contributed by atoms with Gasteiger partial charge >= 0.3 is 5.97 Å². The van der Waals surface area contributed by atoms with Gasteiger partial charge in [-0.25, -0.2) is 9.18 Å². The summed E-state index contributed by atoms with van der Waals surface area (Å²) in [7, 11) is 0. The molecule has 1 amide bonds. The minimum absolute atomic E-state index is 0.157. The molecule has 1 atom stereocenters. The molecule has 5 nitrogen and oxygen atoms in total. The summed E-state index contributed by atoms with van der Waals surface area (Å²) in [5.74, 6) is -0.793. The summed E-state index contributed by atoms with van der Waals surface area (Å²) >= 11 is 1.49. The van der Waals surface area contributed by atoms with E-state index in [-0.39, 0.29) is 30.3 Å². The number of rotatable bonds is 5. The fraction of sp³-hybridized carbons (Fsp3) is 0.478. The number of fused-ring (bicyclic) bond motifs is 2. The summed E-state index contributed by atoms with van der Waals surface area (Å²) in [4.78, 5) is 28.8. The Morgan fingerprint density at radius 3 is 2.87 bits per heavy atom. The molecule has 1 aliphatic heterocycles. The van der Waals surface area contributed by atoms with Crippen LogP contribution in [0.3, 0.4) is 0 Å². The SMILES string of the molecule is CCOC(=O)c1c(NC(=O)CN2c3ccc(F)cc3CCC2C)sc2c1CCCC2. The quantitative estimate of drug-likeness (QED) is 0.697. The lowest BCUT2D eigenvalue weighted by molar-refractivity contribution is -0.115. The van der Waals surface area contributed by atoms with Crippen LogP contribution in [-0.2, 0) is 28.8 Å². The normalized spacial score (nSPS) is 17.8. The smallest absolute Gasteiger partial charge is 0.341 e. The molecule has 0 spiro atoms. The fourth-order valence-electron chi connectivity index (χ4n) is 4.43. The van der Waals surface area contributed by atoms with Crippen molar-refractivity contribution in [3.63, 3.8) is 0 Å². The number of benzene rings is 1. The molecule has 1 aliphatic carbocycles. The van der Waals surface area contributed by atoms with E-state index in [2.05, 4.69) is 12.2 Å². The summed E-state index contributed by atoms with van der Waals surface area (Å²) < 4.78 is 18.9. The van der Waals surface area contributed by atoms with Crippen LogP contribution >= 0.6 is 11.3 Å². The molecule has 160 valence electrons. The van der Waals surface area contributed by atoms with Gasteiger partial charge < -0.3 is 15.0 Å². The number of esters is 1. The number of hydrogen-bond donors (Lipinski definition) is 1. The van der Waals surface area contributed by atoms with Gasteiger partial charge in [-0.3, -0.25) is 4.79 Å². The second kappa shape index (κ2) is 8.76. The first-order valence-electron chi connectivity index (χ1n) is 10.6. The van der Waals surface area contributed by atoms with Gasteiger partial charge in [0.1, 0.15) is 10.8 Å². The van der Waals surface area contributed by atoms with Gasteiger partial charge in [0, 0.05) is 16.6 Å². The van der Waals surface area contributed by atoms with Gasteiger partial charge in [-0.1, -0.05) is 0 Å². The summed E-state index contributed by atoms with van der Waals surface area (Å²) in [6, 6.07) is 4.92. The Kier molecular flexibility index (Phi) is 6.09. The van der Waals surface area contributed by atoms with Crippen molar-refractivity contribution in [2.75, 3.05) is 23.4 Å². The van der Waals surface area contributed by atoms with E-state index in [4.69, 9.17) is 4.74 Å². The van der Waals surface area contributed by atoms with Crippen LogP contribution in [0.1, 0.15) is 59.5 Å². The van der Waals surface area contributed by atoms with E-state index in [0.717, 1.165) is 55.3 Å². The lowest BCUT2D eigenvalue weighted by Gasteiger charge is -2.36. The topological polar surface area (TPSA) is 58.6 Å². The number of ether oxygens (including phenoxy) is 1. The van der Waals surface area contributed by atoms with Crippen LogP contribution < -0.4 is 10.2 Å². The van der Waals surface area contributed by atoms with Crippen LogP contribution in [-0.4, -0.2) is 31.1 Å². The van der Waals surface area contributed by atoms with Crippen LogP contribution in [0, 0.1) is 5.82 Å². The van der Waals surface area contributed by atoms with Crippen molar-refractivity contribution >= 4 is 33.9 Å². The number of hydrogen-bond acceptors (Lipinski definition) is 5. The number of carbonyl (C=O) groups excluding carboxylic acids is 2. The average molecular weight is 431 g/mol. The lowest BCUT2D eigenvalue weighted by Crippen LogP contribution is -2.42. The Hall–Kier alpha value is -2.41. The fourth-order valence-corrected chi connectivity index (χ4v) is 5.72. The molecule has 1 aromatic heterocycles. The summed E-state index contributed by atoms with van der Waals surface area (Å²) in [6.45, 7) is 4.32. The Balaban J connectivity index is 1.56. The third kappa shape index (κ3) is 4.08. The number of nitrogens with one attached hydrogen (secondary N) is 1. The van der Waals surface area contributed by atoms with Crippen LogP contribution in [0.2, 0.25) is 0 Å². The molecule has 0 fully saturated rings. The van der Waals surface area contributed by atoms with Crippen LogP contribution in [0.25, 0.3) is 0 Å². The van der Waals surface area contributed by atoms with Gasteiger partial charge in [-0.05, 0) is 81.7 Å². The largest absolute Gasteiger partial charge is 0.462 e. The highest BCUT2D eigenvalue weighted by molar-refractivity contribution is 7.17. The number of nitrogens with zero attached hydrogens (tertiary/aromatic N) is 1. The molecular formula is C23H27FN2O3S. The highest BCUT2D eigenvalue weighted by Crippen LogP contribution is 2.39. The average Bonchev–Trinajstić information content (AvgIpc) is 3.08. The highest BCUT2D eigenvalue weighted by atomic mass is 32.1. The van der Waals surface area contributed by atoms with Crippen molar-refractivity contribution in [2.24, 2.45) is 0 Å². The Labute approximate surface area is 180 Å². The number of anilines is 2. The summed E-state index contributed by atoms with van der Waals surface area (Å²) in [5, 5.41) is 3.57. The predicted octanol–water partition coefficient (Wildman–Crippen LogP) is 4.72. The molecular weight excluding hydrogens is 403 g/mol. The van der Waals surface area contributed by atoms with E-state index in [1.54, 1.807) is 19.1 Å². The van der Waals surface area contributed by atoms with Crippen molar-refractivity contribution in [3.05, 3.63) is 45.6 Å². The van der Waals surface area contributed by atoms with E-state index < -0.39 is 0 Å². The molecule has 7 heteroatoms. The molecule has 2 aromatic rings. The standard InChI is InChI=1S/C23H27FN2O3S/c1-3-29-23(28)21-17-6-4-5-7-19(17)30-22(21)25-20(27)13-26-14(2)8-9-15-12-16(24)10-11-18(15)26/h10-12,14H,3-9,13H2,1-2H3,(H,25,27). The molecule has 1 N–H and O–H groups in total. The van der Waals surface area contributed by atoms with Crippen molar-refractivity contribution in [2.45, 2.75) is 58.4 Å². The van der Waals surface area contributed by atoms with Gasteiger partial charge in [-0.2, -0.15) is 0 Å². The van der Waals surface area contributed by atoms with Gasteiger partial charge in [-0.15, -0.1) is 11.3 Å². The number of carbonyl (C=O) groups is 2. The Bertz CT molecular complexity index is 972. The first kappa shape index (κ1) is 20.8. The van der Waals surface area contributed by atoms with E-state index in [0.29, 0.717) is 17.2 Å². The zero-order valence-electron chi connectivity index (χ0n) is 17.4. The number of thiophene rings is 1. The molecule has 1 unspecified atom stereocenters. The molecule has 30 heavy (non-hydrogen) atoms. The zero-order valence-corrected chi connectivity index (χ0v) is 18.2. The van der Waals surface area contributed by atoms with Crippen molar-refractivity contribution in [3.8, 4) is 0 Å². The second-order valence-corrected chi connectivity index (χ2v) is 9.08. The maximum absolute atomic E-state index is 13.6. The molecule has 0 radical (unpaired) electrons. The Morgan fingerprint density at radius 2 is 2.07 bits per heavy atom. The van der Waals surface area contributed by atoms with E-state index in [1.165, 1.54) is 22.3 Å². The van der Waals surface area contributed by atoms with E-state index in [9.17, 15) is 14.0 Å². The predicted molar refractivity (Wildman–Crippen MR) is 117 cm³/mol. The number of halogens is 1. The second-order valence-electron chi connectivity index (χ2n) is 7.97. The van der Waals surface area contributed by atoms with Gasteiger partial charge in [0.05, 0.1) is 18.7 Å². The number of amides is 1. The van der Waals surface area contributed by atoms with E-state index >= 15 is 0 Å². The van der Waals surface area contributed by atoms with Crippen molar-refractivity contribution < 1.29 is 18.7 Å². The van der Waals surface area contributed by atoms with Crippen molar-refractivity contribution in [1.82, 2.24) is 0 Å². The maximum Gasteiger partial charge on any atom is 0.341 e. The minimum atomic E-state index is -0.362. The van der Waals surface area contributed by atoms with Crippen LogP contribution in [0.4, 0.5) is 15.1 Å². The van der Waals surface area contributed by atoms with Gasteiger partial charge in [0.25, 0.3) is 0 Å². The van der Waals surface area contributed by atoms with Crippen LogP contribution in [0.15, 0.2) is 18.2 Å². The molecule has 1 aromatic carbocycles. The molecule has 2 aliphatic rings. The number of aryl methyl sites for hydroxylation is 2. The molecule has 4 rings (SSSR count).